The van der Waals surface area contributed by atoms with E-state index in [4.69, 9.17) is 20.9 Å². The van der Waals surface area contributed by atoms with E-state index in [-0.39, 0.29) is 5.75 Å². The van der Waals surface area contributed by atoms with Gasteiger partial charge < -0.3 is 19.5 Å². The normalized spacial score (nSPS) is 14.3. The van der Waals surface area contributed by atoms with Crippen LogP contribution in [0.3, 0.4) is 0 Å². The first-order chi connectivity index (χ1) is 15.2. The third-order valence-electron chi connectivity index (χ3n) is 4.12. The van der Waals surface area contributed by atoms with E-state index in [1.165, 1.54) is 0 Å². The van der Waals surface area contributed by atoms with Crippen molar-refractivity contribution in [3.05, 3.63) is 56.7 Å². The van der Waals surface area contributed by atoms with E-state index in [2.05, 4.69) is 10.3 Å². The van der Waals surface area contributed by atoms with Gasteiger partial charge in [-0.05, 0) is 25.5 Å². The zero-order valence-electron chi connectivity index (χ0n) is 17.1. The van der Waals surface area contributed by atoms with Crippen LogP contribution in [0.4, 0.5) is 18.9 Å². The number of carbonyl (C=O) groups is 1. The molecular weight excluding hydrogens is 494 g/mol. The average Bonchev–Trinajstić information content (AvgIpc) is 2.72. The Morgan fingerprint density at radius 3 is 2.61 bits per heavy atom. The summed E-state index contributed by atoms with van der Waals surface area (Å²) in [6.45, 7) is 3.27. The van der Waals surface area contributed by atoms with E-state index in [9.17, 15) is 37.5 Å². The molecule has 10 nitrogen and oxygen atoms in total. The molecule has 0 radical (unpaired) electrons. The van der Waals surface area contributed by atoms with Crippen molar-refractivity contribution in [2.45, 2.75) is 32.5 Å². The lowest BCUT2D eigenvalue weighted by Crippen LogP contribution is -2.26. The third-order valence-corrected chi connectivity index (χ3v) is 5.64. The molecule has 2 atom stereocenters. The first-order valence-electron chi connectivity index (χ1n) is 9.21. The van der Waals surface area contributed by atoms with Crippen LogP contribution in [0.5, 0.6) is 11.6 Å². The minimum Gasteiger partial charge on any atom is -0.438 e. The van der Waals surface area contributed by atoms with Gasteiger partial charge in [0.2, 0.25) is 5.88 Å². The predicted molar refractivity (Wildman–Crippen MR) is 110 cm³/mol. The monoisotopic (exact) mass is 511 g/mol. The number of nitrogens with one attached hydrogen (secondary N) is 1. The van der Waals surface area contributed by atoms with Gasteiger partial charge in [0.1, 0.15) is 22.6 Å². The first kappa shape index (κ1) is 26.5. The molecule has 1 amide bonds. The highest BCUT2D eigenvalue weighted by molar-refractivity contribution is 7.52. The molecule has 0 fully saturated rings. The molecule has 2 unspecified atom stereocenters. The standard InChI is InChI=1S/C18H18ClF3N3O7P/c1-3-10(2)32-33(29,30)9-24-16(26)13-7-12(4-5-15(13)25(27)28)31-17-14(19)6-11(8-23-17)18(20,21)22/h4-8,10H,3,9H2,1-2H3,(H,24,26)(H,29,30). The van der Waals surface area contributed by atoms with Crippen molar-refractivity contribution in [2.24, 2.45) is 0 Å². The largest absolute Gasteiger partial charge is 0.438 e. The lowest BCUT2D eigenvalue weighted by molar-refractivity contribution is -0.385. The average molecular weight is 512 g/mol. The summed E-state index contributed by atoms with van der Waals surface area (Å²) in [5, 5.41) is 12.9. The van der Waals surface area contributed by atoms with Gasteiger partial charge in [-0.15, -0.1) is 0 Å². The molecule has 1 heterocycles. The summed E-state index contributed by atoms with van der Waals surface area (Å²) in [5.74, 6) is -1.73. The number of pyridine rings is 1. The Bertz CT molecular complexity index is 1100. The van der Waals surface area contributed by atoms with Gasteiger partial charge >= 0.3 is 13.8 Å². The molecule has 15 heteroatoms. The van der Waals surface area contributed by atoms with Crippen molar-refractivity contribution in [1.82, 2.24) is 10.3 Å². The second-order valence-corrected chi connectivity index (χ2v) is 8.88. The number of hydrogen-bond donors (Lipinski definition) is 2. The highest BCUT2D eigenvalue weighted by Gasteiger charge is 2.32. The highest BCUT2D eigenvalue weighted by atomic mass is 35.5. The Hall–Kier alpha value is -2.73. The number of nitro groups is 1. The molecular formula is C18H18ClF3N3O7P. The number of ether oxygens (including phenoxy) is 1. The van der Waals surface area contributed by atoms with E-state index in [1.807, 2.05) is 0 Å². The van der Waals surface area contributed by atoms with Crippen molar-refractivity contribution >= 4 is 30.8 Å². The van der Waals surface area contributed by atoms with Gasteiger partial charge in [-0.3, -0.25) is 19.5 Å². The van der Waals surface area contributed by atoms with Crippen LogP contribution >= 0.6 is 19.2 Å². The van der Waals surface area contributed by atoms with E-state index in [1.54, 1.807) is 13.8 Å². The summed E-state index contributed by atoms with van der Waals surface area (Å²) >= 11 is 5.77. The lowest BCUT2D eigenvalue weighted by atomic mass is 10.1. The first-order valence-corrected chi connectivity index (χ1v) is 11.3. The number of amides is 1. The van der Waals surface area contributed by atoms with Gasteiger partial charge in [-0.25, -0.2) is 4.98 Å². The summed E-state index contributed by atoms with van der Waals surface area (Å²) in [7, 11) is -4.22. The Morgan fingerprint density at radius 2 is 2.06 bits per heavy atom. The van der Waals surface area contributed by atoms with E-state index >= 15 is 0 Å². The molecule has 180 valence electrons. The number of rotatable bonds is 9. The number of alkyl halides is 3. The third kappa shape index (κ3) is 7.39. The predicted octanol–water partition coefficient (Wildman–Crippen LogP) is 5.14. The minimum atomic E-state index is -4.68. The smallest absolute Gasteiger partial charge is 0.417 e. The van der Waals surface area contributed by atoms with E-state index in [0.717, 1.165) is 18.2 Å². The molecule has 0 bridgehead atoms. The number of benzene rings is 1. The quantitative estimate of drug-likeness (QED) is 0.268. The number of nitro benzene ring substituents is 1. The van der Waals surface area contributed by atoms with Crippen LogP contribution in [-0.2, 0) is 15.3 Å². The van der Waals surface area contributed by atoms with Crippen LogP contribution in [0.1, 0.15) is 36.2 Å². The molecule has 2 rings (SSSR count). The number of nitrogens with zero attached hydrogens (tertiary/aromatic N) is 2. The Morgan fingerprint density at radius 1 is 1.39 bits per heavy atom. The maximum absolute atomic E-state index is 12.7. The highest BCUT2D eigenvalue weighted by Crippen LogP contribution is 2.42. The molecule has 0 spiro atoms. The van der Waals surface area contributed by atoms with E-state index < -0.39 is 64.7 Å². The number of halogens is 4. The van der Waals surface area contributed by atoms with Gasteiger partial charge in [0, 0.05) is 18.3 Å². The van der Waals surface area contributed by atoms with E-state index in [0.29, 0.717) is 18.7 Å². The fourth-order valence-corrected chi connectivity index (χ4v) is 3.68. The maximum atomic E-state index is 12.7. The molecule has 1 aromatic heterocycles. The van der Waals surface area contributed by atoms with Gasteiger partial charge in [-0.1, -0.05) is 18.5 Å². The lowest BCUT2D eigenvalue weighted by Gasteiger charge is -2.17. The molecule has 0 aliphatic rings. The fraction of sp³-hybridized carbons (Fsp3) is 0.333. The van der Waals surface area contributed by atoms with Crippen molar-refractivity contribution in [1.29, 1.82) is 0 Å². The zero-order chi connectivity index (χ0) is 25.0. The summed E-state index contributed by atoms with van der Waals surface area (Å²) in [4.78, 5) is 36.2. The Labute approximate surface area is 190 Å². The second-order valence-electron chi connectivity index (χ2n) is 6.67. The molecule has 2 aromatic rings. The maximum Gasteiger partial charge on any atom is 0.417 e. The van der Waals surface area contributed by atoms with Crippen LogP contribution in [0.15, 0.2) is 30.5 Å². The van der Waals surface area contributed by atoms with Gasteiger partial charge in [-0.2, -0.15) is 13.2 Å². The molecule has 0 saturated carbocycles. The van der Waals surface area contributed by atoms with Gasteiger partial charge in [0.05, 0.1) is 16.6 Å². The van der Waals surface area contributed by atoms with Crippen LogP contribution in [-0.4, -0.2) is 33.1 Å². The molecule has 0 aliphatic heterocycles. The molecule has 33 heavy (non-hydrogen) atoms. The summed E-state index contributed by atoms with van der Waals surface area (Å²) in [6.07, 6.45) is -5.14. The van der Waals surface area contributed by atoms with Crippen molar-refractivity contribution in [3.8, 4) is 11.6 Å². The van der Waals surface area contributed by atoms with Crippen molar-refractivity contribution < 1.29 is 41.6 Å². The zero-order valence-corrected chi connectivity index (χ0v) is 18.8. The molecule has 0 saturated heterocycles. The van der Waals surface area contributed by atoms with Crippen LogP contribution in [0.25, 0.3) is 0 Å². The molecule has 0 aliphatic carbocycles. The number of hydrogen-bond acceptors (Lipinski definition) is 7. The van der Waals surface area contributed by atoms with Crippen LogP contribution < -0.4 is 10.1 Å². The van der Waals surface area contributed by atoms with Crippen molar-refractivity contribution in [2.75, 3.05) is 6.29 Å². The summed E-state index contributed by atoms with van der Waals surface area (Å²) in [6, 6.07) is 3.49. The SMILES string of the molecule is CCC(C)OP(=O)(O)CNC(=O)c1cc(Oc2ncc(C(F)(F)F)cc2Cl)ccc1[N+](=O)[O-]. The fourth-order valence-electron chi connectivity index (χ4n) is 2.35. The molecule has 2 N–H and O–H groups in total. The minimum absolute atomic E-state index is 0.206. The van der Waals surface area contributed by atoms with Crippen LogP contribution in [0, 0.1) is 10.1 Å². The van der Waals surface area contributed by atoms with Gasteiger partial charge in [0.15, 0.2) is 0 Å². The Balaban J connectivity index is 2.27. The van der Waals surface area contributed by atoms with Crippen molar-refractivity contribution in [3.63, 3.8) is 0 Å². The summed E-state index contributed by atoms with van der Waals surface area (Å²) < 4.78 is 60.5. The van der Waals surface area contributed by atoms with Gasteiger partial charge in [0.25, 0.3) is 11.6 Å². The topological polar surface area (TPSA) is 141 Å². The number of aromatic nitrogens is 1. The molecule has 1 aromatic carbocycles. The van der Waals surface area contributed by atoms with Crippen LogP contribution in [0.2, 0.25) is 5.02 Å². The Kier molecular flexibility index (Phi) is 8.41. The number of carbonyl (C=O) groups excluding carboxylic acids is 1. The second kappa shape index (κ2) is 10.5. The summed E-state index contributed by atoms with van der Waals surface area (Å²) in [5.41, 5.74) is -2.30.